The van der Waals surface area contributed by atoms with Crippen LogP contribution in [0.1, 0.15) is 12.7 Å². The van der Waals surface area contributed by atoms with E-state index in [-0.39, 0.29) is 17.8 Å². The minimum absolute atomic E-state index is 0.0799. The summed E-state index contributed by atoms with van der Waals surface area (Å²) in [5, 5.41) is 0.596. The number of benzene rings is 1. The van der Waals surface area contributed by atoms with Crippen molar-refractivity contribution in [3.63, 3.8) is 0 Å². The zero-order valence-electron chi connectivity index (χ0n) is 13.3. The summed E-state index contributed by atoms with van der Waals surface area (Å²) in [4.78, 5) is 30.8. The molecule has 0 amide bonds. The molecule has 23 heavy (non-hydrogen) atoms. The van der Waals surface area contributed by atoms with Crippen molar-refractivity contribution in [3.05, 3.63) is 40.4 Å². The summed E-state index contributed by atoms with van der Waals surface area (Å²) >= 11 is 0. The van der Waals surface area contributed by atoms with E-state index >= 15 is 0 Å². The molecule has 0 bridgehead atoms. The highest BCUT2D eigenvalue weighted by atomic mass is 16.5. The highest BCUT2D eigenvalue weighted by Gasteiger charge is 2.17. The van der Waals surface area contributed by atoms with Crippen LogP contribution in [0.3, 0.4) is 0 Å². The lowest BCUT2D eigenvalue weighted by Crippen LogP contribution is -2.40. The van der Waals surface area contributed by atoms with Gasteiger partial charge in [0.05, 0.1) is 37.1 Å². The van der Waals surface area contributed by atoms with Crippen LogP contribution in [0.25, 0.3) is 10.9 Å². The number of rotatable bonds is 5. The van der Waals surface area contributed by atoms with Crippen molar-refractivity contribution in [1.82, 2.24) is 14.5 Å². The van der Waals surface area contributed by atoms with E-state index in [1.54, 1.807) is 6.07 Å². The molecule has 0 unspecified atom stereocenters. The van der Waals surface area contributed by atoms with E-state index in [4.69, 9.17) is 4.74 Å². The lowest BCUT2D eigenvalue weighted by molar-refractivity contribution is -0.120. The lowest BCUT2D eigenvalue weighted by atomic mass is 10.2. The maximum atomic E-state index is 12.4. The zero-order valence-corrected chi connectivity index (χ0v) is 13.3. The number of carbonyl (C=O) groups excluding carboxylic acids is 1. The second-order valence-corrected chi connectivity index (χ2v) is 5.70. The first-order valence-corrected chi connectivity index (χ1v) is 7.99. The highest BCUT2D eigenvalue weighted by Crippen LogP contribution is 2.12. The molecule has 0 aliphatic carbocycles. The van der Waals surface area contributed by atoms with Gasteiger partial charge in [-0.15, -0.1) is 0 Å². The maximum absolute atomic E-state index is 12.4. The molecule has 1 aromatic carbocycles. The third-order valence-electron chi connectivity index (χ3n) is 4.14. The van der Waals surface area contributed by atoms with Crippen LogP contribution in [-0.2, 0) is 22.5 Å². The van der Waals surface area contributed by atoms with Crippen LogP contribution >= 0.6 is 0 Å². The van der Waals surface area contributed by atoms with Crippen molar-refractivity contribution in [3.8, 4) is 0 Å². The zero-order chi connectivity index (χ0) is 16.2. The Morgan fingerprint density at radius 2 is 2.00 bits per heavy atom. The summed E-state index contributed by atoms with van der Waals surface area (Å²) in [7, 11) is 0. The van der Waals surface area contributed by atoms with Crippen LogP contribution in [0.4, 0.5) is 0 Å². The standard InChI is InChI=1S/C17H21N3O3/c1-2-20-15-6-4-3-5-14(15)17(22)18-16(20)11-13(21)12-19-7-9-23-10-8-19/h3-6H,2,7-12H2,1H3. The minimum atomic E-state index is -0.264. The van der Waals surface area contributed by atoms with Crippen LogP contribution in [0.2, 0.25) is 0 Å². The maximum Gasteiger partial charge on any atom is 0.280 e. The number of carbonyl (C=O) groups is 1. The molecule has 1 saturated heterocycles. The summed E-state index contributed by atoms with van der Waals surface area (Å²) in [5.41, 5.74) is 0.573. The van der Waals surface area contributed by atoms with Crippen molar-refractivity contribution in [2.45, 2.75) is 19.9 Å². The Morgan fingerprint density at radius 3 is 2.74 bits per heavy atom. The fourth-order valence-corrected chi connectivity index (χ4v) is 3.00. The van der Waals surface area contributed by atoms with Gasteiger partial charge in [0.2, 0.25) is 0 Å². The van der Waals surface area contributed by atoms with Gasteiger partial charge in [-0.1, -0.05) is 12.1 Å². The second-order valence-electron chi connectivity index (χ2n) is 5.70. The summed E-state index contributed by atoms with van der Waals surface area (Å²) in [6.07, 6.45) is 0.186. The van der Waals surface area contributed by atoms with E-state index in [1.807, 2.05) is 29.7 Å². The normalized spacial score (nSPS) is 15.9. The Morgan fingerprint density at radius 1 is 1.26 bits per heavy atom. The van der Waals surface area contributed by atoms with E-state index in [2.05, 4.69) is 9.88 Å². The van der Waals surface area contributed by atoms with Gasteiger partial charge in [0.15, 0.2) is 5.78 Å². The average Bonchev–Trinajstić information content (AvgIpc) is 2.56. The van der Waals surface area contributed by atoms with Crippen molar-refractivity contribution < 1.29 is 9.53 Å². The quantitative estimate of drug-likeness (QED) is 0.819. The SMILES string of the molecule is CCn1c(CC(=O)CN2CCOCC2)nc(=O)c2ccccc21. The van der Waals surface area contributed by atoms with E-state index in [0.29, 0.717) is 37.5 Å². The van der Waals surface area contributed by atoms with E-state index in [0.717, 1.165) is 18.6 Å². The lowest BCUT2D eigenvalue weighted by Gasteiger charge is -2.25. The first-order valence-electron chi connectivity index (χ1n) is 7.99. The summed E-state index contributed by atoms with van der Waals surface area (Å²) < 4.78 is 7.24. The second kappa shape index (κ2) is 7.02. The number of Topliss-reactive ketones (excluding diaryl/α,β-unsaturated/α-hetero) is 1. The van der Waals surface area contributed by atoms with Crippen LogP contribution < -0.4 is 5.56 Å². The van der Waals surface area contributed by atoms with Crippen LogP contribution in [0.5, 0.6) is 0 Å². The molecular weight excluding hydrogens is 294 g/mol. The van der Waals surface area contributed by atoms with Gasteiger partial charge in [-0.2, -0.15) is 4.98 Å². The Hall–Kier alpha value is -2.05. The Kier molecular flexibility index (Phi) is 4.83. The monoisotopic (exact) mass is 315 g/mol. The average molecular weight is 315 g/mol. The number of para-hydroxylation sites is 1. The Balaban J connectivity index is 1.84. The number of ketones is 1. The molecule has 6 nitrogen and oxygen atoms in total. The molecular formula is C17H21N3O3. The molecule has 1 fully saturated rings. The Labute approximate surface area is 134 Å². The topological polar surface area (TPSA) is 64.4 Å². The molecule has 3 rings (SSSR count). The highest BCUT2D eigenvalue weighted by molar-refractivity contribution is 5.83. The van der Waals surface area contributed by atoms with Gasteiger partial charge in [0, 0.05) is 19.6 Å². The molecule has 1 aromatic heterocycles. The number of hydrogen-bond donors (Lipinski definition) is 0. The number of nitrogens with zero attached hydrogens (tertiary/aromatic N) is 3. The largest absolute Gasteiger partial charge is 0.379 e. The number of aryl methyl sites for hydroxylation is 1. The van der Waals surface area contributed by atoms with Gasteiger partial charge in [-0.05, 0) is 19.1 Å². The molecule has 1 aliphatic heterocycles. The van der Waals surface area contributed by atoms with Crippen molar-refractivity contribution in [1.29, 1.82) is 0 Å². The van der Waals surface area contributed by atoms with Crippen molar-refractivity contribution in [2.24, 2.45) is 0 Å². The fraction of sp³-hybridized carbons (Fsp3) is 0.471. The molecule has 2 heterocycles. The Bertz CT molecular complexity index is 763. The van der Waals surface area contributed by atoms with Gasteiger partial charge in [0.1, 0.15) is 5.82 Å². The summed E-state index contributed by atoms with van der Waals surface area (Å²) in [6, 6.07) is 7.40. The number of ether oxygens (including phenoxy) is 1. The number of morpholine rings is 1. The molecule has 0 saturated carbocycles. The van der Waals surface area contributed by atoms with Gasteiger partial charge >= 0.3 is 0 Å². The molecule has 122 valence electrons. The summed E-state index contributed by atoms with van der Waals surface area (Å²) in [6.45, 7) is 5.94. The van der Waals surface area contributed by atoms with Gasteiger partial charge in [-0.3, -0.25) is 14.5 Å². The third kappa shape index (κ3) is 3.48. The first kappa shape index (κ1) is 15.8. The predicted octanol–water partition coefficient (Wildman–Crippen LogP) is 0.860. The molecule has 0 spiro atoms. The molecule has 0 atom stereocenters. The molecule has 1 aliphatic rings. The van der Waals surface area contributed by atoms with Gasteiger partial charge in [0.25, 0.3) is 5.56 Å². The van der Waals surface area contributed by atoms with Crippen LogP contribution in [-0.4, -0.2) is 53.1 Å². The first-order chi connectivity index (χ1) is 11.2. The van der Waals surface area contributed by atoms with Crippen LogP contribution in [0, 0.1) is 0 Å². The predicted molar refractivity (Wildman–Crippen MR) is 87.6 cm³/mol. The van der Waals surface area contributed by atoms with Gasteiger partial charge < -0.3 is 9.30 Å². The molecule has 0 N–H and O–H groups in total. The molecule has 2 aromatic rings. The molecule has 0 radical (unpaired) electrons. The van der Waals surface area contributed by atoms with E-state index in [9.17, 15) is 9.59 Å². The number of aromatic nitrogens is 2. The van der Waals surface area contributed by atoms with E-state index < -0.39 is 0 Å². The fourth-order valence-electron chi connectivity index (χ4n) is 3.00. The van der Waals surface area contributed by atoms with Crippen molar-refractivity contribution >= 4 is 16.7 Å². The summed E-state index contributed by atoms with van der Waals surface area (Å²) in [5.74, 6) is 0.630. The van der Waals surface area contributed by atoms with Crippen LogP contribution in [0.15, 0.2) is 29.1 Å². The molecule has 6 heteroatoms. The third-order valence-corrected chi connectivity index (χ3v) is 4.14. The van der Waals surface area contributed by atoms with Crippen molar-refractivity contribution in [2.75, 3.05) is 32.8 Å². The smallest absolute Gasteiger partial charge is 0.280 e. The number of hydrogen-bond acceptors (Lipinski definition) is 5. The van der Waals surface area contributed by atoms with Gasteiger partial charge in [-0.25, -0.2) is 0 Å². The number of fused-ring (bicyclic) bond motifs is 1. The van der Waals surface area contributed by atoms with E-state index in [1.165, 1.54) is 0 Å². The minimum Gasteiger partial charge on any atom is -0.379 e.